The van der Waals surface area contributed by atoms with Crippen LogP contribution in [0.3, 0.4) is 0 Å². The van der Waals surface area contributed by atoms with Gasteiger partial charge in [-0.05, 0) is 63.6 Å². The first-order valence-electron chi connectivity index (χ1n) is 14.7. The van der Waals surface area contributed by atoms with E-state index in [0.717, 1.165) is 44.2 Å². The highest BCUT2D eigenvalue weighted by Gasteiger charge is 2.42. The summed E-state index contributed by atoms with van der Waals surface area (Å²) < 4.78 is 62.7. The fraction of sp³-hybridized carbons (Fsp3) is 0.452. The van der Waals surface area contributed by atoms with Gasteiger partial charge in [0.15, 0.2) is 5.69 Å². The first-order valence-corrected chi connectivity index (χ1v) is 14.7. The molecule has 1 aromatic carbocycles. The number of hydrogen-bond donors (Lipinski definition) is 0. The van der Waals surface area contributed by atoms with Crippen molar-refractivity contribution in [3.63, 3.8) is 0 Å². The van der Waals surface area contributed by atoms with Crippen LogP contribution in [0.1, 0.15) is 73.2 Å². The van der Waals surface area contributed by atoms with Crippen LogP contribution in [0.25, 0.3) is 16.9 Å². The number of esters is 1. The zero-order chi connectivity index (χ0) is 29.7. The number of halogens is 3. The highest BCUT2D eigenvalue weighted by atomic mass is 19.4. The van der Waals surface area contributed by atoms with Crippen molar-refractivity contribution in [2.45, 2.75) is 82.5 Å². The molecule has 3 atom stereocenters. The number of nitrogens with zero attached hydrogens (tertiary/aromatic N) is 4. The van der Waals surface area contributed by atoms with E-state index < -0.39 is 12.3 Å². The molecule has 2 bridgehead atoms. The molecule has 7 rings (SSSR count). The van der Waals surface area contributed by atoms with Crippen LogP contribution in [0.15, 0.2) is 53.3 Å². The van der Waals surface area contributed by atoms with E-state index in [-0.39, 0.29) is 42.0 Å². The molecule has 4 aromatic rings. The number of piperidine rings is 1. The van der Waals surface area contributed by atoms with Crippen molar-refractivity contribution in [3.8, 4) is 17.0 Å². The third-order valence-electron chi connectivity index (χ3n) is 8.57. The Bertz CT molecular complexity index is 1630. The lowest BCUT2D eigenvalue weighted by Gasteiger charge is -2.40. The van der Waals surface area contributed by atoms with Crippen LogP contribution in [0, 0.1) is 0 Å². The van der Waals surface area contributed by atoms with E-state index in [0.29, 0.717) is 35.0 Å². The van der Waals surface area contributed by atoms with Gasteiger partial charge in [0, 0.05) is 47.1 Å². The molecule has 226 valence electrons. The zero-order valence-electron chi connectivity index (χ0n) is 23.5. The smallest absolute Gasteiger partial charge is 0.461 e. The van der Waals surface area contributed by atoms with Crippen LogP contribution in [0.2, 0.25) is 0 Å². The van der Waals surface area contributed by atoms with E-state index in [1.807, 2.05) is 18.3 Å². The van der Waals surface area contributed by atoms with Gasteiger partial charge in [-0.25, -0.2) is 9.78 Å². The summed E-state index contributed by atoms with van der Waals surface area (Å²) >= 11 is 0. The number of pyridine rings is 1. The van der Waals surface area contributed by atoms with E-state index in [1.165, 1.54) is 18.3 Å². The number of alkyl halides is 3. The molecule has 12 heteroatoms. The van der Waals surface area contributed by atoms with E-state index in [1.54, 1.807) is 23.5 Å². The van der Waals surface area contributed by atoms with Crippen LogP contribution >= 0.6 is 0 Å². The van der Waals surface area contributed by atoms with Gasteiger partial charge in [0.1, 0.15) is 22.9 Å². The van der Waals surface area contributed by atoms with Gasteiger partial charge in [-0.3, -0.25) is 4.40 Å². The number of ether oxygens (including phenoxy) is 3. The summed E-state index contributed by atoms with van der Waals surface area (Å²) in [6, 6.07) is 10.6. The summed E-state index contributed by atoms with van der Waals surface area (Å²) in [7, 11) is 0. The lowest BCUT2D eigenvalue weighted by atomic mass is 9.98. The Hall–Kier alpha value is -4.06. The molecule has 2 saturated heterocycles. The molecule has 3 aliphatic rings. The first-order chi connectivity index (χ1) is 20.8. The predicted octanol–water partition coefficient (Wildman–Crippen LogP) is 6.66. The van der Waals surface area contributed by atoms with Crippen molar-refractivity contribution in [1.29, 1.82) is 0 Å². The first kappa shape index (κ1) is 27.8. The van der Waals surface area contributed by atoms with Crippen LogP contribution < -0.4 is 9.64 Å². The van der Waals surface area contributed by atoms with Gasteiger partial charge in [-0.15, -0.1) is 13.2 Å². The Balaban J connectivity index is 1.08. The summed E-state index contributed by atoms with van der Waals surface area (Å²) in [6.07, 6.45) is 4.16. The second kappa shape index (κ2) is 10.9. The van der Waals surface area contributed by atoms with Gasteiger partial charge in [-0.2, -0.15) is 0 Å². The monoisotopic (exact) mass is 596 g/mol. The minimum absolute atomic E-state index is 0.0178. The number of fused-ring (bicyclic) bond motifs is 3. The molecule has 5 heterocycles. The zero-order valence-corrected chi connectivity index (χ0v) is 23.5. The van der Waals surface area contributed by atoms with Gasteiger partial charge in [0.2, 0.25) is 0 Å². The van der Waals surface area contributed by atoms with Crippen molar-refractivity contribution in [2.24, 2.45) is 0 Å². The van der Waals surface area contributed by atoms with Crippen molar-refractivity contribution >= 4 is 17.3 Å². The number of aromatic nitrogens is 3. The molecule has 3 aromatic heterocycles. The minimum atomic E-state index is -4.83. The fourth-order valence-electron chi connectivity index (χ4n) is 6.59. The predicted molar refractivity (Wildman–Crippen MR) is 149 cm³/mol. The second-order valence-corrected chi connectivity index (χ2v) is 11.4. The minimum Gasteiger partial charge on any atom is -0.461 e. The fourth-order valence-corrected chi connectivity index (χ4v) is 6.59. The summed E-state index contributed by atoms with van der Waals surface area (Å²) in [5.74, 6) is 0.169. The molecule has 1 aliphatic carbocycles. The van der Waals surface area contributed by atoms with Gasteiger partial charge < -0.3 is 23.6 Å². The summed E-state index contributed by atoms with van der Waals surface area (Å²) in [5, 5.41) is 4.20. The van der Waals surface area contributed by atoms with E-state index in [4.69, 9.17) is 14.0 Å². The van der Waals surface area contributed by atoms with Crippen LogP contribution in [-0.4, -0.2) is 51.7 Å². The summed E-state index contributed by atoms with van der Waals surface area (Å²) in [5.41, 5.74) is 3.38. The summed E-state index contributed by atoms with van der Waals surface area (Å²) in [4.78, 5) is 19.1. The molecule has 0 N–H and O–H groups in total. The standard InChI is InChI=1S/C31H31F3N4O5/c1-2-40-30(39)25-16-35-27-15-21(11-12-37(25)27)38-19-9-10-20(38)14-22(13-19)41-17-24-28(36-43-29(24)18-7-8-18)23-5-3-4-6-26(23)42-31(32,33)34/h3-6,11-12,15-16,18-20,22H,2,7-10,13-14,17H2,1H3/t19-,20?,22?/m0/s1. The molecular formula is C31H31F3N4O5. The molecule has 2 aliphatic heterocycles. The average molecular weight is 597 g/mol. The Morgan fingerprint density at radius 1 is 1.09 bits per heavy atom. The molecule has 0 spiro atoms. The van der Waals surface area contributed by atoms with Crippen LogP contribution in [-0.2, 0) is 16.1 Å². The largest absolute Gasteiger partial charge is 0.573 e. The molecule has 43 heavy (non-hydrogen) atoms. The van der Waals surface area contributed by atoms with Crippen LogP contribution in [0.4, 0.5) is 18.9 Å². The maximum absolute atomic E-state index is 13.1. The number of rotatable bonds is 9. The van der Waals surface area contributed by atoms with Crippen LogP contribution in [0.5, 0.6) is 5.75 Å². The van der Waals surface area contributed by atoms with Gasteiger partial charge >= 0.3 is 12.3 Å². The maximum atomic E-state index is 13.1. The SMILES string of the molecule is CCOC(=O)c1cnc2cc(N3C4CC[C@H]3CC(OCc3c(-c5ccccc5OC(F)(F)F)noc3C3CC3)C4)ccn12. The molecule has 0 amide bonds. The molecule has 2 unspecified atom stereocenters. The average Bonchev–Trinajstić information content (AvgIpc) is 3.49. The number of benzene rings is 1. The molecule has 9 nitrogen and oxygen atoms in total. The number of anilines is 1. The normalized spacial score (nSPS) is 21.9. The molecule has 0 radical (unpaired) electrons. The lowest BCUT2D eigenvalue weighted by molar-refractivity contribution is -0.274. The quantitative estimate of drug-likeness (QED) is 0.198. The van der Waals surface area contributed by atoms with Gasteiger partial charge in [0.25, 0.3) is 0 Å². The summed E-state index contributed by atoms with van der Waals surface area (Å²) in [6.45, 7) is 2.27. The Morgan fingerprint density at radius 2 is 1.86 bits per heavy atom. The number of carbonyl (C=O) groups is 1. The third kappa shape index (κ3) is 5.44. The second-order valence-electron chi connectivity index (χ2n) is 11.4. The number of hydrogen-bond acceptors (Lipinski definition) is 8. The Labute approximate surface area is 245 Å². The van der Waals surface area contributed by atoms with Gasteiger partial charge in [0.05, 0.1) is 25.5 Å². The van der Waals surface area contributed by atoms with E-state index >= 15 is 0 Å². The maximum Gasteiger partial charge on any atom is 0.573 e. The molecule has 3 fully saturated rings. The topological polar surface area (TPSA) is 91.3 Å². The number of para-hydroxylation sites is 1. The van der Waals surface area contributed by atoms with E-state index in [2.05, 4.69) is 19.8 Å². The Morgan fingerprint density at radius 3 is 2.58 bits per heavy atom. The Kier molecular flexibility index (Phi) is 7.03. The number of carbonyl (C=O) groups excluding carboxylic acids is 1. The van der Waals surface area contributed by atoms with Crippen molar-refractivity contribution < 1.29 is 36.7 Å². The highest BCUT2D eigenvalue weighted by molar-refractivity contribution is 5.88. The third-order valence-corrected chi connectivity index (χ3v) is 8.57. The van der Waals surface area contributed by atoms with Gasteiger partial charge in [-0.1, -0.05) is 17.3 Å². The highest BCUT2D eigenvalue weighted by Crippen LogP contribution is 2.46. The van der Waals surface area contributed by atoms with Crippen molar-refractivity contribution in [2.75, 3.05) is 11.5 Å². The van der Waals surface area contributed by atoms with Crippen molar-refractivity contribution in [3.05, 3.63) is 65.8 Å². The molecular weight excluding hydrogens is 565 g/mol. The van der Waals surface area contributed by atoms with E-state index in [9.17, 15) is 18.0 Å². The molecule has 1 saturated carbocycles. The van der Waals surface area contributed by atoms with Crippen molar-refractivity contribution in [1.82, 2.24) is 14.5 Å². The lowest BCUT2D eigenvalue weighted by Crippen LogP contribution is -2.45. The number of imidazole rings is 1.